The normalized spacial score (nSPS) is 21.6. The van der Waals surface area contributed by atoms with Crippen LogP contribution in [0, 0.1) is 0 Å². The van der Waals surface area contributed by atoms with Gasteiger partial charge in [-0.3, -0.25) is 14.5 Å². The molecule has 0 aromatic carbocycles. The number of rotatable bonds is 1. The van der Waals surface area contributed by atoms with Crippen LogP contribution in [0.15, 0.2) is 38.4 Å². The predicted octanol–water partition coefficient (Wildman–Crippen LogP) is 0.519. The quantitative estimate of drug-likeness (QED) is 0.737. The average molecular weight is 301 g/mol. The molecule has 1 aromatic heterocycles. The number of aliphatic hydroxyl groups excluding tert-OH is 1. The molecule has 3 aliphatic rings. The third-order valence-corrected chi connectivity index (χ3v) is 3.91. The highest BCUT2D eigenvalue weighted by Crippen LogP contribution is 2.25. The van der Waals surface area contributed by atoms with E-state index in [1.54, 1.807) is 15.4 Å². The Hall–Kier alpha value is -2.77. The van der Waals surface area contributed by atoms with Crippen molar-refractivity contribution >= 4 is 22.9 Å². The van der Waals surface area contributed by atoms with Crippen molar-refractivity contribution in [1.29, 1.82) is 0 Å². The van der Waals surface area contributed by atoms with Crippen LogP contribution in [0.25, 0.3) is 0 Å². The number of aliphatic hydroxyl groups is 1. The fraction of sp³-hybridized carbons (Fsp3) is 0.357. The van der Waals surface area contributed by atoms with E-state index in [1.165, 1.54) is 6.08 Å². The first kappa shape index (κ1) is 12.9. The Balaban J connectivity index is 1.81. The van der Waals surface area contributed by atoms with Gasteiger partial charge < -0.3 is 15.6 Å². The summed E-state index contributed by atoms with van der Waals surface area (Å²) in [5.74, 6) is 0.821. The van der Waals surface area contributed by atoms with Crippen molar-refractivity contribution in [2.45, 2.75) is 19.5 Å². The highest BCUT2D eigenvalue weighted by atomic mass is 16.5. The summed E-state index contributed by atoms with van der Waals surface area (Å²) in [6.45, 7) is 2.39. The van der Waals surface area contributed by atoms with Crippen LogP contribution in [0.4, 0.5) is 11.5 Å². The smallest absolute Gasteiger partial charge is 0.294 e. The molecule has 22 heavy (non-hydrogen) atoms. The fourth-order valence-corrected chi connectivity index (χ4v) is 2.85. The standard InChI is InChI=1S/C14H15N5O3/c15-13-12(14(21)19-4-1-3-18(13)19)17-8-7-11-9(6-10(8)20)16-2-5-22-11/h6-7,20H,1-5,15H2/b17-8+. The van der Waals surface area contributed by atoms with Gasteiger partial charge in [0.25, 0.3) is 5.56 Å². The van der Waals surface area contributed by atoms with Crippen LogP contribution in [0.2, 0.25) is 0 Å². The molecule has 0 atom stereocenters. The number of nitrogens with two attached hydrogens (primary N) is 1. The summed E-state index contributed by atoms with van der Waals surface area (Å²) < 4.78 is 8.80. The number of allylic oxidation sites excluding steroid dienone is 2. The molecule has 0 saturated carbocycles. The van der Waals surface area contributed by atoms with E-state index in [1.807, 2.05) is 0 Å². The topological polar surface area (TPSA) is 107 Å². The number of nitrogen functional groups attached to an aromatic ring is 1. The first-order valence-corrected chi connectivity index (χ1v) is 7.13. The van der Waals surface area contributed by atoms with Gasteiger partial charge in [0.15, 0.2) is 11.5 Å². The summed E-state index contributed by atoms with van der Waals surface area (Å²) in [7, 11) is 0. The molecular formula is C14H15N5O3. The van der Waals surface area contributed by atoms with Crippen molar-refractivity contribution in [3.05, 3.63) is 34.0 Å². The van der Waals surface area contributed by atoms with Crippen molar-refractivity contribution in [3.63, 3.8) is 0 Å². The highest BCUT2D eigenvalue weighted by molar-refractivity contribution is 6.22. The molecule has 0 fully saturated rings. The van der Waals surface area contributed by atoms with Crippen LogP contribution in [-0.4, -0.2) is 39.0 Å². The van der Waals surface area contributed by atoms with Crippen molar-refractivity contribution < 1.29 is 9.84 Å². The SMILES string of the molecule is Nc1c(/N=C2\C=C3OCCN=C3C=C2O)c(=O)n2n1CCC2. The first-order chi connectivity index (χ1) is 10.6. The highest BCUT2D eigenvalue weighted by Gasteiger charge is 2.24. The predicted molar refractivity (Wildman–Crippen MR) is 81.9 cm³/mol. The molecule has 0 radical (unpaired) electrons. The van der Waals surface area contributed by atoms with Crippen molar-refractivity contribution in [2.24, 2.45) is 9.98 Å². The van der Waals surface area contributed by atoms with Crippen LogP contribution < -0.4 is 11.3 Å². The van der Waals surface area contributed by atoms with Crippen LogP contribution in [-0.2, 0) is 17.8 Å². The molecule has 1 aromatic rings. The third kappa shape index (κ3) is 1.80. The summed E-state index contributed by atoms with van der Waals surface area (Å²) >= 11 is 0. The number of fused-ring (bicyclic) bond motifs is 2. The molecule has 0 spiro atoms. The molecule has 0 amide bonds. The van der Waals surface area contributed by atoms with Crippen LogP contribution in [0.1, 0.15) is 6.42 Å². The molecule has 114 valence electrons. The number of aromatic nitrogens is 2. The van der Waals surface area contributed by atoms with E-state index < -0.39 is 0 Å². The molecule has 3 heterocycles. The fourth-order valence-electron chi connectivity index (χ4n) is 2.85. The van der Waals surface area contributed by atoms with E-state index in [9.17, 15) is 9.90 Å². The lowest BCUT2D eigenvalue weighted by Crippen LogP contribution is -2.21. The van der Waals surface area contributed by atoms with Crippen molar-refractivity contribution in [3.8, 4) is 0 Å². The lowest BCUT2D eigenvalue weighted by atomic mass is 10.1. The number of hydrogen-bond acceptors (Lipinski definition) is 6. The van der Waals surface area contributed by atoms with Gasteiger partial charge in [-0.25, -0.2) is 9.67 Å². The maximum absolute atomic E-state index is 12.3. The summed E-state index contributed by atoms with van der Waals surface area (Å²) in [6, 6.07) is 0. The molecule has 0 bridgehead atoms. The molecule has 8 nitrogen and oxygen atoms in total. The number of nitrogens with zero attached hydrogens (tertiary/aromatic N) is 4. The maximum atomic E-state index is 12.3. The second-order valence-electron chi connectivity index (χ2n) is 5.29. The summed E-state index contributed by atoms with van der Waals surface area (Å²) in [5.41, 5.74) is 6.77. The monoisotopic (exact) mass is 301 g/mol. The van der Waals surface area contributed by atoms with Crippen molar-refractivity contribution in [2.75, 3.05) is 18.9 Å². The lowest BCUT2D eigenvalue weighted by Gasteiger charge is -2.19. The van der Waals surface area contributed by atoms with Gasteiger partial charge in [-0.1, -0.05) is 0 Å². The maximum Gasteiger partial charge on any atom is 0.294 e. The zero-order valence-electron chi connectivity index (χ0n) is 11.8. The molecule has 4 rings (SSSR count). The van der Waals surface area contributed by atoms with Gasteiger partial charge in [0.1, 0.15) is 29.5 Å². The van der Waals surface area contributed by atoms with E-state index in [-0.39, 0.29) is 22.7 Å². The second kappa shape index (κ2) is 4.62. The second-order valence-corrected chi connectivity index (χ2v) is 5.29. The number of hydrogen-bond donors (Lipinski definition) is 2. The Kier molecular flexibility index (Phi) is 2.72. The Morgan fingerprint density at radius 1 is 1.32 bits per heavy atom. The van der Waals surface area contributed by atoms with Gasteiger partial charge in [0.2, 0.25) is 0 Å². The van der Waals surface area contributed by atoms with Gasteiger partial charge in [0, 0.05) is 25.2 Å². The molecule has 0 saturated heterocycles. The van der Waals surface area contributed by atoms with E-state index in [0.29, 0.717) is 43.5 Å². The summed E-state index contributed by atoms with van der Waals surface area (Å²) in [4.78, 5) is 20.8. The average Bonchev–Trinajstić information content (AvgIpc) is 3.08. The molecule has 0 unspecified atom stereocenters. The Labute approximate surface area is 125 Å². The molecule has 3 N–H and O–H groups in total. The van der Waals surface area contributed by atoms with Crippen LogP contribution in [0.3, 0.4) is 0 Å². The van der Waals surface area contributed by atoms with E-state index in [0.717, 1.165) is 6.42 Å². The van der Waals surface area contributed by atoms with Crippen molar-refractivity contribution in [1.82, 2.24) is 9.36 Å². The minimum atomic E-state index is -0.238. The molecule has 8 heteroatoms. The van der Waals surface area contributed by atoms with Gasteiger partial charge in [-0.05, 0) is 6.42 Å². The largest absolute Gasteiger partial charge is 0.506 e. The van der Waals surface area contributed by atoms with Gasteiger partial charge in [0.05, 0.1) is 6.54 Å². The van der Waals surface area contributed by atoms with E-state index >= 15 is 0 Å². The Morgan fingerprint density at radius 3 is 2.95 bits per heavy atom. The summed E-state index contributed by atoms with van der Waals surface area (Å²) in [5, 5.41) is 10.1. The molecule has 1 aliphatic carbocycles. The van der Waals surface area contributed by atoms with Gasteiger partial charge in [-0.2, -0.15) is 0 Å². The number of aliphatic imine (C=N–C) groups is 2. The van der Waals surface area contributed by atoms with Crippen LogP contribution in [0.5, 0.6) is 0 Å². The first-order valence-electron chi connectivity index (χ1n) is 7.13. The number of anilines is 1. The Bertz CT molecular complexity index is 837. The number of ether oxygens (including phenoxy) is 1. The Morgan fingerprint density at radius 2 is 2.14 bits per heavy atom. The van der Waals surface area contributed by atoms with Gasteiger partial charge >= 0.3 is 0 Å². The van der Waals surface area contributed by atoms with Gasteiger partial charge in [-0.15, -0.1) is 0 Å². The van der Waals surface area contributed by atoms with Crippen LogP contribution >= 0.6 is 0 Å². The minimum Gasteiger partial charge on any atom is -0.506 e. The lowest BCUT2D eigenvalue weighted by molar-refractivity contribution is 0.232. The third-order valence-electron chi connectivity index (χ3n) is 3.91. The minimum absolute atomic E-state index is 0.0526. The van der Waals surface area contributed by atoms with E-state index in [2.05, 4.69) is 9.98 Å². The molecule has 2 aliphatic heterocycles. The zero-order chi connectivity index (χ0) is 15.3. The zero-order valence-corrected chi connectivity index (χ0v) is 11.8. The van der Waals surface area contributed by atoms with E-state index in [4.69, 9.17) is 10.5 Å². The summed E-state index contributed by atoms with van der Waals surface area (Å²) in [6.07, 6.45) is 3.96. The molecular weight excluding hydrogens is 286 g/mol.